The van der Waals surface area contributed by atoms with Gasteiger partial charge in [-0.25, -0.2) is 0 Å². The van der Waals surface area contributed by atoms with Crippen molar-refractivity contribution in [2.45, 2.75) is 13.8 Å². The Bertz CT molecular complexity index is 5740. The van der Waals surface area contributed by atoms with Gasteiger partial charge in [0.15, 0.2) is 16.1 Å². The Hall–Kier alpha value is -12.6. The lowest BCUT2D eigenvalue weighted by atomic mass is 9.33. The fourth-order valence-corrected chi connectivity index (χ4v) is 27.2. The Kier molecular flexibility index (Phi) is 15.5. The van der Waals surface area contributed by atoms with E-state index in [1.54, 1.807) is 0 Å². The zero-order valence-electron chi connectivity index (χ0n) is 58.0. The Balaban J connectivity index is 0.963. The van der Waals surface area contributed by atoms with Crippen LogP contribution >= 0.6 is 0 Å². The number of aryl methyl sites for hydroxylation is 2. The summed E-state index contributed by atoms with van der Waals surface area (Å²) in [6, 6.07) is 153. The van der Waals surface area contributed by atoms with Gasteiger partial charge in [0.1, 0.15) is 0 Å². The van der Waals surface area contributed by atoms with Crippen molar-refractivity contribution in [3.63, 3.8) is 0 Å². The molecule has 0 atom stereocenters. The third-order valence-corrected chi connectivity index (χ3v) is 31.7. The Morgan fingerprint density at radius 2 is 0.587 bits per heavy atom. The standard InChI is InChI=1S/C98H72BN3Si2/c1-69-52-56-71(57-53-69)85-48-29-49-86(72-58-54-70(2)55-59-72)97(85)73-60-62-89-93(64-73)100(74-30-10-3-11-31-74)95-66-76(102-91-50-26-24-46-87(91)88-47-25-27-51-92(88)102)67-96-98(95)99(89)90-63-61-84(104(80-39-18-7-19-40-80,81-41-20-8-21-42-81)82-43-22-9-23-44-82)68-94(90)101(96)75-32-28-45-83(65-75)103(77-33-12-4-13-34-77,78-35-14-5-15-36-78)79-37-16-6-17-38-79/h3-68H,1-2H3. The first-order valence-corrected chi connectivity index (χ1v) is 40.2. The monoisotopic (exact) mass is 1360 g/mol. The number of benzene rings is 16. The summed E-state index contributed by atoms with van der Waals surface area (Å²) in [5, 5.41) is 13.0. The molecular formula is C98H72BN3Si2. The number of fused-ring (bicyclic) bond motifs is 7. The van der Waals surface area contributed by atoms with Crippen LogP contribution in [0.4, 0.5) is 34.1 Å². The molecule has 104 heavy (non-hydrogen) atoms. The smallest absolute Gasteiger partial charge is 0.252 e. The molecule has 0 saturated heterocycles. The summed E-state index contributed by atoms with van der Waals surface area (Å²) < 4.78 is 2.54. The van der Waals surface area contributed by atoms with Gasteiger partial charge in [-0.1, -0.05) is 351 Å². The zero-order valence-corrected chi connectivity index (χ0v) is 60.0. The van der Waals surface area contributed by atoms with Crippen LogP contribution in [-0.2, 0) is 0 Å². The van der Waals surface area contributed by atoms with Gasteiger partial charge in [0.25, 0.3) is 6.71 Å². The fraction of sp³-hybridized carbons (Fsp3) is 0.0204. The molecule has 19 rings (SSSR count). The molecule has 0 N–H and O–H groups in total. The number of aromatic nitrogens is 1. The molecule has 2 aliphatic heterocycles. The second-order valence-corrected chi connectivity index (χ2v) is 35.6. The highest BCUT2D eigenvalue weighted by Gasteiger charge is 2.48. The predicted octanol–water partition coefficient (Wildman–Crippen LogP) is 17.2. The lowest BCUT2D eigenvalue weighted by Gasteiger charge is -2.45. The lowest BCUT2D eigenvalue weighted by Crippen LogP contribution is -2.75. The van der Waals surface area contributed by atoms with Crippen molar-refractivity contribution < 1.29 is 0 Å². The third kappa shape index (κ3) is 10.1. The minimum Gasteiger partial charge on any atom is -0.311 e. The molecular weight excluding hydrogens is 1290 g/mol. The van der Waals surface area contributed by atoms with Crippen molar-refractivity contribution in [1.82, 2.24) is 4.57 Å². The highest BCUT2D eigenvalue weighted by atomic mass is 28.3. The normalized spacial score (nSPS) is 12.5. The molecule has 1 aromatic heterocycles. The van der Waals surface area contributed by atoms with Crippen molar-refractivity contribution in [2.24, 2.45) is 0 Å². The number of hydrogen-bond donors (Lipinski definition) is 0. The van der Waals surface area contributed by atoms with E-state index in [1.165, 1.54) is 108 Å². The molecule has 0 fully saturated rings. The quantitative estimate of drug-likeness (QED) is 0.0794. The lowest BCUT2D eigenvalue weighted by molar-refractivity contribution is 1.16. The van der Waals surface area contributed by atoms with Gasteiger partial charge in [0.05, 0.1) is 16.7 Å². The molecule has 6 heteroatoms. The van der Waals surface area contributed by atoms with Gasteiger partial charge in [-0.05, 0) is 166 Å². The van der Waals surface area contributed by atoms with E-state index >= 15 is 0 Å². The van der Waals surface area contributed by atoms with E-state index in [0.29, 0.717) is 0 Å². The number of hydrogen-bond acceptors (Lipinski definition) is 2. The van der Waals surface area contributed by atoms with Gasteiger partial charge in [-0.15, -0.1) is 0 Å². The molecule has 17 aromatic rings. The van der Waals surface area contributed by atoms with Gasteiger partial charge >= 0.3 is 0 Å². The summed E-state index contributed by atoms with van der Waals surface area (Å²) in [4.78, 5) is 5.30. The van der Waals surface area contributed by atoms with Crippen LogP contribution in [0, 0.1) is 13.8 Å². The van der Waals surface area contributed by atoms with Gasteiger partial charge in [-0.2, -0.15) is 0 Å². The summed E-state index contributed by atoms with van der Waals surface area (Å²) >= 11 is 0. The van der Waals surface area contributed by atoms with Crippen LogP contribution in [0.3, 0.4) is 0 Å². The minimum absolute atomic E-state index is 0.226. The first-order chi connectivity index (χ1) is 51.4. The van der Waals surface area contributed by atoms with Gasteiger partial charge in [0, 0.05) is 44.9 Å². The summed E-state index contributed by atoms with van der Waals surface area (Å²) in [6.45, 7) is 4.13. The Morgan fingerprint density at radius 3 is 1.04 bits per heavy atom. The topological polar surface area (TPSA) is 11.4 Å². The molecule has 0 aliphatic carbocycles. The van der Waals surface area contributed by atoms with Crippen LogP contribution in [0.2, 0.25) is 0 Å². The molecule has 0 spiro atoms. The summed E-state index contributed by atoms with van der Waals surface area (Å²) in [7, 11) is -6.29. The van der Waals surface area contributed by atoms with E-state index < -0.39 is 16.1 Å². The Labute approximate surface area is 611 Å². The van der Waals surface area contributed by atoms with Crippen LogP contribution in [0.5, 0.6) is 0 Å². The van der Waals surface area contributed by atoms with Crippen molar-refractivity contribution >= 4 is 137 Å². The molecule has 490 valence electrons. The van der Waals surface area contributed by atoms with Crippen LogP contribution in [0.15, 0.2) is 400 Å². The largest absolute Gasteiger partial charge is 0.311 e. The van der Waals surface area contributed by atoms with E-state index in [2.05, 4.69) is 429 Å². The number of para-hydroxylation sites is 3. The SMILES string of the molecule is Cc1ccc(-c2cccc(-c3ccc(C)cc3)c2-c2ccc3c(c2)N(c2ccccc2)c2cc(-n4c5ccccc5c5ccccc54)cc4c2B3c2ccc([Si](c3ccccc3)(c3ccccc3)c3ccccc3)cc2N4c2cccc([Si](c3ccccc3)(c3ccccc3)c3ccccc3)c2)cc1. The average Bonchev–Trinajstić information content (AvgIpc) is 0.818. The first-order valence-electron chi connectivity index (χ1n) is 36.2. The molecule has 0 bridgehead atoms. The highest BCUT2D eigenvalue weighted by Crippen LogP contribution is 2.49. The van der Waals surface area contributed by atoms with Crippen molar-refractivity contribution in [3.8, 4) is 39.1 Å². The van der Waals surface area contributed by atoms with E-state index in [-0.39, 0.29) is 6.71 Å². The van der Waals surface area contributed by atoms with E-state index in [0.717, 1.165) is 56.4 Å². The third-order valence-electron chi connectivity index (χ3n) is 22.2. The maximum Gasteiger partial charge on any atom is 0.252 e. The molecule has 0 amide bonds. The fourth-order valence-electron chi connectivity index (χ4n) is 17.6. The number of rotatable bonds is 14. The van der Waals surface area contributed by atoms with Crippen molar-refractivity contribution in [3.05, 3.63) is 412 Å². The Morgan fingerprint density at radius 1 is 0.240 bits per heavy atom. The molecule has 0 saturated carbocycles. The van der Waals surface area contributed by atoms with Crippen molar-refractivity contribution in [2.75, 3.05) is 9.80 Å². The maximum atomic E-state index is 2.70. The second kappa shape index (κ2) is 25.8. The molecule has 3 nitrogen and oxygen atoms in total. The minimum atomic E-state index is -3.18. The maximum absolute atomic E-state index is 3.18. The van der Waals surface area contributed by atoms with Gasteiger partial charge in [0.2, 0.25) is 0 Å². The van der Waals surface area contributed by atoms with Crippen molar-refractivity contribution in [1.29, 1.82) is 0 Å². The van der Waals surface area contributed by atoms with E-state index in [4.69, 9.17) is 0 Å². The van der Waals surface area contributed by atoms with E-state index in [9.17, 15) is 0 Å². The number of nitrogens with zero attached hydrogens (tertiary/aromatic N) is 3. The number of anilines is 6. The van der Waals surface area contributed by atoms with E-state index in [1.807, 2.05) is 0 Å². The average molecular weight is 1360 g/mol. The molecule has 0 unspecified atom stereocenters. The molecule has 16 aromatic carbocycles. The predicted molar refractivity (Wildman–Crippen MR) is 448 cm³/mol. The van der Waals surface area contributed by atoms with Crippen LogP contribution in [-0.4, -0.2) is 27.4 Å². The summed E-state index contributed by atoms with van der Waals surface area (Å²) in [6.07, 6.45) is 0. The van der Waals surface area contributed by atoms with Gasteiger partial charge in [-0.3, -0.25) is 0 Å². The molecule has 3 heterocycles. The van der Waals surface area contributed by atoms with Crippen LogP contribution in [0.25, 0.3) is 60.9 Å². The highest BCUT2D eigenvalue weighted by molar-refractivity contribution is 7.20. The van der Waals surface area contributed by atoms with Crippen LogP contribution < -0.4 is 67.7 Å². The molecule has 2 aliphatic rings. The first kappa shape index (κ1) is 62.4. The summed E-state index contributed by atoms with van der Waals surface area (Å²) in [5.74, 6) is 0. The van der Waals surface area contributed by atoms with Crippen LogP contribution in [0.1, 0.15) is 11.1 Å². The molecule has 0 radical (unpaired) electrons. The zero-order chi connectivity index (χ0) is 69.3. The summed E-state index contributed by atoms with van der Waals surface area (Å²) in [5.41, 5.74) is 23.4. The van der Waals surface area contributed by atoms with Gasteiger partial charge < -0.3 is 14.4 Å². The second-order valence-electron chi connectivity index (χ2n) is 28.0.